The minimum atomic E-state index is -3.04. The van der Waals surface area contributed by atoms with Crippen LogP contribution in [-0.4, -0.2) is 8.42 Å². The molecule has 0 aromatic heterocycles. The molecular weight excluding hydrogens is 296 g/mol. The predicted octanol–water partition coefficient (Wildman–Crippen LogP) is 2.71. The maximum Gasteiger partial charge on any atom is 0.268 e. The molecule has 0 unspecified atom stereocenters. The highest BCUT2D eigenvalue weighted by molar-refractivity contribution is 9.79. The molecule has 0 fully saturated rings. The van der Waals surface area contributed by atoms with Crippen molar-refractivity contribution in [3.05, 3.63) is 36.4 Å². The van der Waals surface area contributed by atoms with Gasteiger partial charge in [-0.05, 0) is 0 Å². The summed E-state index contributed by atoms with van der Waals surface area (Å²) >= 11 is 4.53. The predicted molar refractivity (Wildman–Crippen MR) is 53.2 cm³/mol. The van der Waals surface area contributed by atoms with Gasteiger partial charge in [-0.15, -0.1) is 0 Å². The monoisotopic (exact) mass is 300 g/mol. The SMILES string of the molecule is O=S(=O)(Br)Br.c1ccccc1. The van der Waals surface area contributed by atoms with Crippen LogP contribution in [0.1, 0.15) is 0 Å². The van der Waals surface area contributed by atoms with Crippen LogP contribution in [0.4, 0.5) is 0 Å². The molecule has 1 aromatic rings. The quantitative estimate of drug-likeness (QED) is 0.691. The maximum atomic E-state index is 9.47. The second kappa shape index (κ2) is 5.74. The van der Waals surface area contributed by atoms with Gasteiger partial charge in [0.15, 0.2) is 0 Å². The minimum Gasteiger partial charge on any atom is -0.205 e. The first-order valence-corrected chi connectivity index (χ1v) is 7.81. The second-order valence-corrected chi connectivity index (χ2v) is 10.0. The molecule has 5 heteroatoms. The third-order valence-corrected chi connectivity index (χ3v) is 0.667. The van der Waals surface area contributed by atoms with E-state index in [0.717, 1.165) is 0 Å². The van der Waals surface area contributed by atoms with Gasteiger partial charge in [0.25, 0.3) is 6.70 Å². The van der Waals surface area contributed by atoms with E-state index >= 15 is 0 Å². The number of benzene rings is 1. The highest BCUT2D eigenvalue weighted by Crippen LogP contribution is 2.06. The molecule has 0 saturated heterocycles. The molecule has 0 atom stereocenters. The highest BCUT2D eigenvalue weighted by Gasteiger charge is 1.87. The molecule has 0 spiro atoms. The van der Waals surface area contributed by atoms with Gasteiger partial charge in [0.2, 0.25) is 0 Å². The first-order valence-electron chi connectivity index (χ1n) is 2.64. The van der Waals surface area contributed by atoms with Crippen LogP contribution in [-0.2, 0) is 6.70 Å². The molecule has 62 valence electrons. The minimum absolute atomic E-state index is 2.00. The smallest absolute Gasteiger partial charge is 0.205 e. The zero-order chi connectivity index (χ0) is 8.74. The molecule has 1 rings (SSSR count). The van der Waals surface area contributed by atoms with Crippen molar-refractivity contribution >= 4 is 36.3 Å². The van der Waals surface area contributed by atoms with Gasteiger partial charge in [-0.3, -0.25) is 0 Å². The van der Waals surface area contributed by atoms with E-state index in [2.05, 4.69) is 29.6 Å². The molecule has 11 heavy (non-hydrogen) atoms. The van der Waals surface area contributed by atoms with Crippen LogP contribution < -0.4 is 0 Å². The first-order chi connectivity index (χ1) is 5.00. The Hall–Kier alpha value is 0.130. The lowest BCUT2D eigenvalue weighted by Gasteiger charge is -1.69. The Kier molecular flexibility index (Phi) is 5.81. The molecule has 1 aromatic carbocycles. The largest absolute Gasteiger partial charge is 0.268 e. The Bertz CT molecular complexity index is 235. The molecule has 0 aliphatic rings. The van der Waals surface area contributed by atoms with Gasteiger partial charge in [-0.2, -0.15) is 0 Å². The molecular formula is C6H6Br2O2S. The van der Waals surface area contributed by atoms with Crippen molar-refractivity contribution in [2.75, 3.05) is 0 Å². The normalized spacial score (nSPS) is 9.64. The Balaban J connectivity index is 0.000000187. The zero-order valence-electron chi connectivity index (χ0n) is 5.44. The van der Waals surface area contributed by atoms with E-state index in [-0.39, 0.29) is 0 Å². The number of halogens is 2. The third kappa shape index (κ3) is 17.8. The van der Waals surface area contributed by atoms with Crippen LogP contribution in [0, 0.1) is 0 Å². The van der Waals surface area contributed by atoms with Gasteiger partial charge in [0.05, 0.1) is 29.6 Å². The molecule has 0 bridgehead atoms. The number of hydrogen-bond acceptors (Lipinski definition) is 2. The summed E-state index contributed by atoms with van der Waals surface area (Å²) in [6.07, 6.45) is 0. The lowest BCUT2D eigenvalue weighted by molar-refractivity contribution is 0.625. The van der Waals surface area contributed by atoms with Gasteiger partial charge in [0, 0.05) is 0 Å². The highest BCUT2D eigenvalue weighted by atomic mass is 79.9. The van der Waals surface area contributed by atoms with E-state index < -0.39 is 6.70 Å². The van der Waals surface area contributed by atoms with Crippen LogP contribution in [0.25, 0.3) is 0 Å². The van der Waals surface area contributed by atoms with E-state index in [1.165, 1.54) is 0 Å². The summed E-state index contributed by atoms with van der Waals surface area (Å²) < 4.78 is 18.9. The lowest BCUT2D eigenvalue weighted by Crippen LogP contribution is -1.60. The van der Waals surface area contributed by atoms with Gasteiger partial charge >= 0.3 is 0 Å². The first kappa shape index (κ1) is 11.1. The molecule has 2 nitrogen and oxygen atoms in total. The van der Waals surface area contributed by atoms with Crippen molar-refractivity contribution in [1.82, 2.24) is 0 Å². The Labute approximate surface area is 80.9 Å². The van der Waals surface area contributed by atoms with Crippen LogP contribution in [0.15, 0.2) is 36.4 Å². The van der Waals surface area contributed by atoms with Crippen molar-refractivity contribution in [3.63, 3.8) is 0 Å². The lowest BCUT2D eigenvalue weighted by atomic mass is 10.4. The Morgan fingerprint density at radius 2 is 0.818 bits per heavy atom. The number of rotatable bonds is 0. The average molecular weight is 302 g/mol. The molecule has 0 N–H and O–H groups in total. The Morgan fingerprint density at radius 3 is 0.909 bits per heavy atom. The van der Waals surface area contributed by atoms with E-state index in [1.807, 2.05) is 36.4 Å². The van der Waals surface area contributed by atoms with E-state index in [1.54, 1.807) is 0 Å². The van der Waals surface area contributed by atoms with Crippen molar-refractivity contribution in [3.8, 4) is 0 Å². The summed E-state index contributed by atoms with van der Waals surface area (Å²) in [6.45, 7) is -3.04. The summed E-state index contributed by atoms with van der Waals surface area (Å²) in [7, 11) is 0. The van der Waals surface area contributed by atoms with Crippen LogP contribution in [0.2, 0.25) is 0 Å². The number of hydrogen-bond donors (Lipinski definition) is 0. The van der Waals surface area contributed by atoms with Gasteiger partial charge in [-0.1, -0.05) is 36.4 Å². The summed E-state index contributed by atoms with van der Waals surface area (Å²) in [4.78, 5) is 0. The van der Waals surface area contributed by atoms with Crippen LogP contribution in [0.5, 0.6) is 0 Å². The second-order valence-electron chi connectivity index (χ2n) is 1.53. The fourth-order valence-electron chi connectivity index (χ4n) is 0.385. The molecule has 0 aliphatic carbocycles. The molecule has 0 amide bonds. The van der Waals surface area contributed by atoms with Crippen molar-refractivity contribution in [2.24, 2.45) is 0 Å². The maximum absolute atomic E-state index is 9.47. The van der Waals surface area contributed by atoms with Crippen molar-refractivity contribution in [1.29, 1.82) is 0 Å². The van der Waals surface area contributed by atoms with Crippen LogP contribution in [0.3, 0.4) is 0 Å². The molecule has 0 radical (unpaired) electrons. The van der Waals surface area contributed by atoms with Crippen LogP contribution >= 0.6 is 29.6 Å². The van der Waals surface area contributed by atoms with E-state index in [9.17, 15) is 8.42 Å². The Morgan fingerprint density at radius 1 is 0.727 bits per heavy atom. The van der Waals surface area contributed by atoms with Gasteiger partial charge in [0.1, 0.15) is 0 Å². The van der Waals surface area contributed by atoms with Gasteiger partial charge < -0.3 is 0 Å². The fraction of sp³-hybridized carbons (Fsp3) is 0. The fourth-order valence-corrected chi connectivity index (χ4v) is 0.385. The zero-order valence-corrected chi connectivity index (χ0v) is 9.43. The standard InChI is InChI=1S/C6H6.Br2O2S/c1-2-4-6-5-3-1;1-5(2,3)4/h1-6H;. The summed E-state index contributed by atoms with van der Waals surface area (Å²) in [5.74, 6) is 0. The molecule has 0 heterocycles. The van der Waals surface area contributed by atoms with E-state index in [4.69, 9.17) is 0 Å². The topological polar surface area (TPSA) is 34.1 Å². The molecule has 0 aliphatic heterocycles. The summed E-state index contributed by atoms with van der Waals surface area (Å²) in [5, 5.41) is 0. The molecule has 0 saturated carbocycles. The third-order valence-electron chi connectivity index (χ3n) is 0.667. The van der Waals surface area contributed by atoms with E-state index in [0.29, 0.717) is 0 Å². The van der Waals surface area contributed by atoms with Gasteiger partial charge in [-0.25, -0.2) is 8.42 Å². The van der Waals surface area contributed by atoms with Crippen molar-refractivity contribution in [2.45, 2.75) is 0 Å². The van der Waals surface area contributed by atoms with Crippen molar-refractivity contribution < 1.29 is 8.42 Å². The summed E-state index contributed by atoms with van der Waals surface area (Å²) in [5.41, 5.74) is 0. The summed E-state index contributed by atoms with van der Waals surface area (Å²) in [6, 6.07) is 12.0. The average Bonchev–Trinajstić information content (AvgIpc) is 1.88.